The second-order valence-corrected chi connectivity index (χ2v) is 5.03. The van der Waals surface area contributed by atoms with Crippen molar-refractivity contribution in [3.8, 4) is 0 Å². The Labute approximate surface area is 114 Å². The molecule has 2 aliphatic rings. The van der Waals surface area contributed by atoms with Gasteiger partial charge in [-0.2, -0.15) is 0 Å². The minimum atomic E-state index is 1.05. The quantitative estimate of drug-likeness (QED) is 0.753. The monoisotopic (exact) mass is 252 g/mol. The molecule has 0 bridgehead atoms. The zero-order chi connectivity index (χ0) is 12.9. The Morgan fingerprint density at radius 3 is 2.16 bits per heavy atom. The molecule has 0 saturated carbocycles. The van der Waals surface area contributed by atoms with E-state index in [0.717, 1.165) is 19.6 Å². The predicted molar refractivity (Wildman–Crippen MR) is 80.5 cm³/mol. The lowest BCUT2D eigenvalue weighted by Crippen LogP contribution is -2.23. The number of nitrogens with one attached hydrogen (secondary N) is 2. The van der Waals surface area contributed by atoms with Gasteiger partial charge in [-0.15, -0.1) is 0 Å². The van der Waals surface area contributed by atoms with Crippen LogP contribution in [0.3, 0.4) is 0 Å². The number of anilines is 1. The fourth-order valence-electron chi connectivity index (χ4n) is 2.66. The smallest absolute Gasteiger partial charge is 0.0373 e. The molecule has 2 nitrogen and oxygen atoms in total. The maximum absolute atomic E-state index is 3.34. The van der Waals surface area contributed by atoms with Crippen molar-refractivity contribution in [2.24, 2.45) is 0 Å². The van der Waals surface area contributed by atoms with Crippen LogP contribution in [0.15, 0.2) is 48.5 Å². The molecule has 0 amide bonds. The molecule has 0 aliphatic carbocycles. The fraction of sp³-hybridized carbons (Fsp3) is 0.294. The summed E-state index contributed by atoms with van der Waals surface area (Å²) in [6.45, 7) is 3.30. The Hall–Kier alpha value is -1.80. The first-order chi connectivity index (χ1) is 9.43. The van der Waals surface area contributed by atoms with Gasteiger partial charge in [0.05, 0.1) is 0 Å². The third-order valence-corrected chi connectivity index (χ3v) is 3.73. The first-order valence-corrected chi connectivity index (χ1v) is 7.03. The number of hydrogen-bond donors (Lipinski definition) is 2. The lowest BCUT2D eigenvalue weighted by atomic mass is 10.0. The first-order valence-electron chi connectivity index (χ1n) is 7.03. The molecular formula is C17H20N2. The van der Waals surface area contributed by atoms with Crippen molar-refractivity contribution in [3.63, 3.8) is 0 Å². The van der Waals surface area contributed by atoms with E-state index in [9.17, 15) is 0 Å². The minimum absolute atomic E-state index is 1.05. The van der Waals surface area contributed by atoms with Crippen molar-refractivity contribution in [1.82, 2.24) is 5.32 Å². The molecule has 2 heteroatoms. The van der Waals surface area contributed by atoms with Crippen LogP contribution in [-0.4, -0.2) is 13.1 Å². The summed E-state index contributed by atoms with van der Waals surface area (Å²) in [5.41, 5.74) is 5.75. The molecule has 0 spiro atoms. The van der Waals surface area contributed by atoms with Gasteiger partial charge in [-0.1, -0.05) is 42.5 Å². The summed E-state index contributed by atoms with van der Waals surface area (Å²) < 4.78 is 0. The SMILES string of the molecule is c1ccc2c(c1)CCN2.c1ccc2c(c1)CCNC2. The van der Waals surface area contributed by atoms with E-state index in [-0.39, 0.29) is 0 Å². The molecule has 0 aromatic heterocycles. The van der Waals surface area contributed by atoms with Crippen LogP contribution in [0.5, 0.6) is 0 Å². The highest BCUT2D eigenvalue weighted by molar-refractivity contribution is 5.54. The molecule has 19 heavy (non-hydrogen) atoms. The van der Waals surface area contributed by atoms with E-state index in [1.165, 1.54) is 35.2 Å². The molecule has 98 valence electrons. The summed E-state index contributed by atoms with van der Waals surface area (Å²) in [7, 11) is 0. The van der Waals surface area contributed by atoms with Crippen LogP contribution in [0.2, 0.25) is 0 Å². The van der Waals surface area contributed by atoms with E-state index >= 15 is 0 Å². The van der Waals surface area contributed by atoms with Crippen molar-refractivity contribution in [1.29, 1.82) is 0 Å². The van der Waals surface area contributed by atoms with E-state index in [4.69, 9.17) is 0 Å². The van der Waals surface area contributed by atoms with E-state index in [1.54, 1.807) is 0 Å². The summed E-state index contributed by atoms with van der Waals surface area (Å²) in [6.07, 6.45) is 2.38. The Morgan fingerprint density at radius 1 is 0.684 bits per heavy atom. The molecule has 0 atom stereocenters. The Morgan fingerprint density at radius 2 is 1.37 bits per heavy atom. The second-order valence-electron chi connectivity index (χ2n) is 5.03. The van der Waals surface area contributed by atoms with E-state index in [0.29, 0.717) is 0 Å². The Kier molecular flexibility index (Phi) is 3.80. The van der Waals surface area contributed by atoms with E-state index in [1.807, 2.05) is 0 Å². The van der Waals surface area contributed by atoms with E-state index < -0.39 is 0 Å². The lowest BCUT2D eigenvalue weighted by molar-refractivity contribution is 0.644. The lowest BCUT2D eigenvalue weighted by Gasteiger charge is -2.15. The minimum Gasteiger partial charge on any atom is -0.384 e. The number of rotatable bonds is 0. The zero-order valence-corrected chi connectivity index (χ0v) is 11.2. The highest BCUT2D eigenvalue weighted by atomic mass is 14.9. The Balaban J connectivity index is 0.000000117. The highest BCUT2D eigenvalue weighted by Crippen LogP contribution is 2.19. The number of para-hydroxylation sites is 1. The third-order valence-electron chi connectivity index (χ3n) is 3.73. The van der Waals surface area contributed by atoms with Crippen LogP contribution in [0.4, 0.5) is 5.69 Å². The van der Waals surface area contributed by atoms with Crippen LogP contribution < -0.4 is 10.6 Å². The average Bonchev–Trinajstić information content (AvgIpc) is 2.96. The zero-order valence-electron chi connectivity index (χ0n) is 11.2. The van der Waals surface area contributed by atoms with Gasteiger partial charge in [-0.05, 0) is 42.1 Å². The van der Waals surface area contributed by atoms with Gasteiger partial charge in [0.1, 0.15) is 0 Å². The first kappa shape index (κ1) is 12.2. The van der Waals surface area contributed by atoms with Gasteiger partial charge in [0, 0.05) is 18.8 Å². The summed E-state index contributed by atoms with van der Waals surface area (Å²) in [5.74, 6) is 0. The average molecular weight is 252 g/mol. The summed E-state index contributed by atoms with van der Waals surface area (Å²) >= 11 is 0. The van der Waals surface area contributed by atoms with Crippen molar-refractivity contribution < 1.29 is 0 Å². The number of fused-ring (bicyclic) bond motifs is 2. The molecule has 2 N–H and O–H groups in total. The largest absolute Gasteiger partial charge is 0.384 e. The van der Waals surface area contributed by atoms with Crippen LogP contribution in [-0.2, 0) is 19.4 Å². The molecular weight excluding hydrogens is 232 g/mol. The van der Waals surface area contributed by atoms with Crippen LogP contribution >= 0.6 is 0 Å². The van der Waals surface area contributed by atoms with Crippen LogP contribution in [0.1, 0.15) is 16.7 Å². The molecule has 0 radical (unpaired) electrons. The number of hydrogen-bond acceptors (Lipinski definition) is 2. The van der Waals surface area contributed by atoms with Crippen molar-refractivity contribution >= 4 is 5.69 Å². The van der Waals surface area contributed by atoms with Crippen LogP contribution in [0.25, 0.3) is 0 Å². The molecule has 2 aromatic carbocycles. The van der Waals surface area contributed by atoms with Crippen molar-refractivity contribution in [3.05, 3.63) is 65.2 Å². The van der Waals surface area contributed by atoms with E-state index in [2.05, 4.69) is 59.2 Å². The van der Waals surface area contributed by atoms with Gasteiger partial charge in [0.2, 0.25) is 0 Å². The second kappa shape index (κ2) is 5.89. The predicted octanol–water partition coefficient (Wildman–Crippen LogP) is 2.99. The topological polar surface area (TPSA) is 24.1 Å². The molecule has 2 aromatic rings. The highest BCUT2D eigenvalue weighted by Gasteiger charge is 2.06. The van der Waals surface area contributed by atoms with Gasteiger partial charge >= 0.3 is 0 Å². The number of benzene rings is 2. The molecule has 2 aliphatic heterocycles. The normalized spacial score (nSPS) is 15.6. The molecule has 0 fully saturated rings. The van der Waals surface area contributed by atoms with Gasteiger partial charge in [-0.3, -0.25) is 0 Å². The molecule has 0 saturated heterocycles. The standard InChI is InChI=1S/C9H11N.C8H9N/c1-2-4-9-7-10-6-5-8(9)3-1;1-2-4-8-7(3-1)5-6-9-8/h1-4,10H,5-7H2;1-4,9H,5-6H2. The van der Waals surface area contributed by atoms with Crippen LogP contribution in [0, 0.1) is 0 Å². The Bertz CT molecular complexity index is 500. The van der Waals surface area contributed by atoms with Crippen molar-refractivity contribution in [2.45, 2.75) is 19.4 Å². The maximum Gasteiger partial charge on any atom is 0.0373 e. The van der Waals surface area contributed by atoms with Gasteiger partial charge in [0.25, 0.3) is 0 Å². The summed E-state index contributed by atoms with van der Waals surface area (Å²) in [6, 6.07) is 17.1. The van der Waals surface area contributed by atoms with Gasteiger partial charge < -0.3 is 10.6 Å². The fourth-order valence-corrected chi connectivity index (χ4v) is 2.66. The van der Waals surface area contributed by atoms with Gasteiger partial charge in [0.15, 0.2) is 0 Å². The summed E-state index contributed by atoms with van der Waals surface area (Å²) in [5, 5.41) is 6.64. The van der Waals surface area contributed by atoms with Gasteiger partial charge in [-0.25, -0.2) is 0 Å². The maximum atomic E-state index is 3.34. The molecule has 0 unspecified atom stereocenters. The third kappa shape index (κ3) is 2.96. The molecule has 2 heterocycles. The summed E-state index contributed by atoms with van der Waals surface area (Å²) in [4.78, 5) is 0. The molecule has 4 rings (SSSR count). The van der Waals surface area contributed by atoms with Crippen molar-refractivity contribution in [2.75, 3.05) is 18.4 Å².